The Morgan fingerprint density at radius 2 is 1.65 bits per heavy atom. The molecule has 0 amide bonds. The molecule has 2 aromatic heterocycles. The zero-order valence-corrected chi connectivity index (χ0v) is 20.1. The zero-order chi connectivity index (χ0) is 24.3. The molecule has 2 aromatic carbocycles. The summed E-state index contributed by atoms with van der Waals surface area (Å²) in [7, 11) is -0.514. The van der Waals surface area contributed by atoms with Crippen molar-refractivity contribution in [2.45, 2.75) is 18.7 Å². The molecule has 0 bridgehead atoms. The van der Waals surface area contributed by atoms with E-state index in [2.05, 4.69) is 20.0 Å². The largest absolute Gasteiger partial charge is 0.493 e. The average molecular weight is 484 g/mol. The van der Waals surface area contributed by atoms with Crippen molar-refractivity contribution in [3.8, 4) is 28.8 Å². The van der Waals surface area contributed by atoms with Crippen molar-refractivity contribution in [3.63, 3.8) is 0 Å². The van der Waals surface area contributed by atoms with Gasteiger partial charge in [0.1, 0.15) is 6.61 Å². The Morgan fingerprint density at radius 3 is 2.35 bits per heavy atom. The predicted octanol–water partition coefficient (Wildman–Crippen LogP) is 2.78. The van der Waals surface area contributed by atoms with Gasteiger partial charge in [0.15, 0.2) is 23.0 Å². The lowest BCUT2D eigenvalue weighted by Gasteiger charge is -2.10. The molecule has 34 heavy (non-hydrogen) atoms. The molecule has 0 saturated heterocycles. The van der Waals surface area contributed by atoms with E-state index in [1.54, 1.807) is 55.1 Å². The van der Waals surface area contributed by atoms with Crippen LogP contribution in [0.25, 0.3) is 17.0 Å². The number of hydrogen-bond donors (Lipinski definition) is 1. The van der Waals surface area contributed by atoms with Gasteiger partial charge in [-0.1, -0.05) is 6.07 Å². The first-order chi connectivity index (χ1) is 16.3. The number of rotatable bonds is 9. The molecule has 0 fully saturated rings. The van der Waals surface area contributed by atoms with Gasteiger partial charge in [0, 0.05) is 18.2 Å². The fourth-order valence-corrected chi connectivity index (χ4v) is 4.71. The third-order valence-electron chi connectivity index (χ3n) is 5.03. The zero-order valence-electron chi connectivity index (χ0n) is 19.3. The maximum atomic E-state index is 12.6. The number of hydrogen-bond acceptors (Lipinski definition) is 8. The molecule has 0 saturated carbocycles. The Morgan fingerprint density at radius 1 is 0.912 bits per heavy atom. The van der Waals surface area contributed by atoms with Crippen molar-refractivity contribution < 1.29 is 22.6 Å². The lowest BCUT2D eigenvalue weighted by molar-refractivity contribution is 0.306. The standard InChI is InChI=1S/C23H25N5O5S/c1-15-11-16(2)13-18(12-15)34(29,30)24-9-10-33-22-8-7-21-25-26-23(28(21)27-22)17-5-6-19(31-3)20(14-17)32-4/h5-8,11-14,24H,9-10H2,1-4H3. The number of fused-ring (bicyclic) bond motifs is 1. The van der Waals surface area contributed by atoms with Crippen LogP contribution in [-0.2, 0) is 10.0 Å². The molecule has 0 aliphatic rings. The fraction of sp³-hybridized carbons (Fsp3) is 0.261. The van der Waals surface area contributed by atoms with E-state index in [1.807, 2.05) is 26.0 Å². The Bertz CT molecular complexity index is 1410. The van der Waals surface area contributed by atoms with E-state index in [1.165, 1.54) is 0 Å². The monoisotopic (exact) mass is 483 g/mol. The summed E-state index contributed by atoms with van der Waals surface area (Å²) in [6, 6.07) is 13.9. The SMILES string of the molecule is COc1ccc(-c2nnc3ccc(OCCNS(=O)(=O)c4cc(C)cc(C)c4)nn23)cc1OC. The van der Waals surface area contributed by atoms with Crippen molar-refractivity contribution in [2.75, 3.05) is 27.4 Å². The number of aryl methyl sites for hydroxylation is 2. The minimum Gasteiger partial charge on any atom is -0.493 e. The van der Waals surface area contributed by atoms with Gasteiger partial charge in [0.2, 0.25) is 15.9 Å². The number of nitrogens with one attached hydrogen (secondary N) is 1. The van der Waals surface area contributed by atoms with Crippen LogP contribution in [0.4, 0.5) is 0 Å². The molecule has 0 atom stereocenters. The van der Waals surface area contributed by atoms with E-state index in [0.29, 0.717) is 28.9 Å². The molecular weight excluding hydrogens is 458 g/mol. The fourth-order valence-electron chi connectivity index (χ4n) is 3.51. The molecular formula is C23H25N5O5S. The van der Waals surface area contributed by atoms with Crippen molar-refractivity contribution in [2.24, 2.45) is 0 Å². The highest BCUT2D eigenvalue weighted by Gasteiger charge is 2.16. The molecule has 0 spiro atoms. The number of sulfonamides is 1. The number of ether oxygens (including phenoxy) is 3. The van der Waals surface area contributed by atoms with Crippen molar-refractivity contribution in [1.29, 1.82) is 0 Å². The molecule has 10 nitrogen and oxygen atoms in total. The Kier molecular flexibility index (Phi) is 6.66. The van der Waals surface area contributed by atoms with Gasteiger partial charge in [-0.05, 0) is 61.4 Å². The summed E-state index contributed by atoms with van der Waals surface area (Å²) < 4.78 is 45.6. The van der Waals surface area contributed by atoms with Gasteiger partial charge in [-0.15, -0.1) is 15.3 Å². The second-order valence-electron chi connectivity index (χ2n) is 7.60. The summed E-state index contributed by atoms with van der Waals surface area (Å²) >= 11 is 0. The second kappa shape index (κ2) is 9.65. The second-order valence-corrected chi connectivity index (χ2v) is 9.37. The van der Waals surface area contributed by atoms with E-state index < -0.39 is 10.0 Å². The first-order valence-corrected chi connectivity index (χ1v) is 11.9. The molecule has 4 rings (SSSR count). The maximum absolute atomic E-state index is 12.6. The summed E-state index contributed by atoms with van der Waals surface area (Å²) in [5, 5.41) is 12.8. The van der Waals surface area contributed by atoms with Gasteiger partial charge in [0.05, 0.1) is 19.1 Å². The lowest BCUT2D eigenvalue weighted by atomic mass is 10.2. The van der Waals surface area contributed by atoms with Gasteiger partial charge in [0.25, 0.3) is 0 Å². The van der Waals surface area contributed by atoms with Crippen molar-refractivity contribution >= 4 is 15.7 Å². The third-order valence-corrected chi connectivity index (χ3v) is 6.47. The van der Waals surface area contributed by atoms with Crippen LogP contribution in [0.5, 0.6) is 17.4 Å². The Balaban J connectivity index is 1.46. The van der Waals surface area contributed by atoms with E-state index >= 15 is 0 Å². The van der Waals surface area contributed by atoms with Crippen LogP contribution < -0.4 is 18.9 Å². The Hall–Kier alpha value is -3.70. The topological polar surface area (TPSA) is 117 Å². The highest BCUT2D eigenvalue weighted by molar-refractivity contribution is 7.89. The van der Waals surface area contributed by atoms with Gasteiger partial charge in [-0.2, -0.15) is 4.52 Å². The summed E-state index contributed by atoms with van der Waals surface area (Å²) in [6.45, 7) is 3.90. The highest BCUT2D eigenvalue weighted by atomic mass is 32.2. The molecule has 0 aliphatic heterocycles. The van der Waals surface area contributed by atoms with E-state index in [-0.39, 0.29) is 18.0 Å². The molecule has 0 radical (unpaired) electrons. The smallest absolute Gasteiger partial charge is 0.240 e. The van der Waals surface area contributed by atoms with Crippen LogP contribution >= 0.6 is 0 Å². The quantitative estimate of drug-likeness (QED) is 0.361. The summed E-state index contributed by atoms with van der Waals surface area (Å²) in [4.78, 5) is 0.230. The maximum Gasteiger partial charge on any atom is 0.240 e. The Labute approximate surface area is 197 Å². The molecule has 2 heterocycles. The highest BCUT2D eigenvalue weighted by Crippen LogP contribution is 2.31. The normalized spacial score (nSPS) is 11.5. The molecule has 1 N–H and O–H groups in total. The minimum atomic E-state index is -3.64. The summed E-state index contributed by atoms with van der Waals surface area (Å²) in [5.74, 6) is 1.96. The number of nitrogens with zero attached hydrogens (tertiary/aromatic N) is 4. The van der Waals surface area contributed by atoms with Crippen molar-refractivity contribution in [1.82, 2.24) is 24.5 Å². The van der Waals surface area contributed by atoms with Gasteiger partial charge < -0.3 is 14.2 Å². The molecule has 178 valence electrons. The number of benzene rings is 2. The minimum absolute atomic E-state index is 0.0831. The molecule has 0 aliphatic carbocycles. The predicted molar refractivity (Wildman–Crippen MR) is 126 cm³/mol. The van der Waals surface area contributed by atoms with Crippen LogP contribution in [0.3, 0.4) is 0 Å². The summed E-state index contributed by atoms with van der Waals surface area (Å²) in [6.07, 6.45) is 0. The van der Waals surface area contributed by atoms with E-state index in [4.69, 9.17) is 14.2 Å². The van der Waals surface area contributed by atoms with Gasteiger partial charge in [-0.25, -0.2) is 13.1 Å². The number of methoxy groups -OCH3 is 2. The van der Waals surface area contributed by atoms with Gasteiger partial charge >= 0.3 is 0 Å². The lowest BCUT2D eigenvalue weighted by Crippen LogP contribution is -2.28. The average Bonchev–Trinajstić information content (AvgIpc) is 3.24. The summed E-state index contributed by atoms with van der Waals surface area (Å²) in [5.41, 5.74) is 3.03. The van der Waals surface area contributed by atoms with Crippen molar-refractivity contribution in [3.05, 3.63) is 59.7 Å². The van der Waals surface area contributed by atoms with Crippen LogP contribution in [0.2, 0.25) is 0 Å². The number of aromatic nitrogens is 4. The van der Waals surface area contributed by atoms with Crippen LogP contribution in [0.15, 0.2) is 53.4 Å². The first-order valence-electron chi connectivity index (χ1n) is 10.5. The van der Waals surface area contributed by atoms with E-state index in [9.17, 15) is 8.42 Å². The van der Waals surface area contributed by atoms with Crippen LogP contribution in [-0.4, -0.2) is 55.6 Å². The third kappa shape index (κ3) is 4.95. The van der Waals surface area contributed by atoms with Crippen LogP contribution in [0, 0.1) is 13.8 Å². The first kappa shape index (κ1) is 23.5. The van der Waals surface area contributed by atoms with E-state index in [0.717, 1.165) is 16.7 Å². The molecule has 11 heteroatoms. The molecule has 4 aromatic rings. The van der Waals surface area contributed by atoms with Crippen LogP contribution in [0.1, 0.15) is 11.1 Å². The molecule has 0 unspecified atom stereocenters. The van der Waals surface area contributed by atoms with Gasteiger partial charge in [-0.3, -0.25) is 0 Å².